The summed E-state index contributed by atoms with van der Waals surface area (Å²) in [6.07, 6.45) is 3.28. The van der Waals surface area contributed by atoms with Crippen LogP contribution in [0, 0.1) is 5.82 Å². The molecular formula is C19H15FN2O2. The number of ketones is 1. The number of pyridine rings is 1. The monoisotopic (exact) mass is 322 g/mol. The van der Waals surface area contributed by atoms with Crippen molar-refractivity contribution in [2.24, 2.45) is 0 Å². The highest BCUT2D eigenvalue weighted by Gasteiger charge is 2.28. The molecule has 0 spiro atoms. The number of hydrogen-bond donors (Lipinski definition) is 1. The molecule has 4 nitrogen and oxygen atoms in total. The fourth-order valence-corrected chi connectivity index (χ4v) is 3.14. The first kappa shape index (κ1) is 14.8. The molecule has 2 aromatic heterocycles. The van der Waals surface area contributed by atoms with Crippen LogP contribution in [0.5, 0.6) is 0 Å². The molecule has 4 rings (SSSR count). The first-order valence-electron chi connectivity index (χ1n) is 7.72. The Labute approximate surface area is 138 Å². The Morgan fingerprint density at radius 1 is 1.17 bits per heavy atom. The highest BCUT2D eigenvalue weighted by Crippen LogP contribution is 2.33. The van der Waals surface area contributed by atoms with E-state index in [2.05, 4.69) is 9.97 Å². The Bertz CT molecular complexity index is 903. The van der Waals surface area contributed by atoms with E-state index in [1.54, 1.807) is 12.3 Å². The lowest BCUT2D eigenvalue weighted by molar-refractivity contribution is 0.0658. The number of aromatic nitrogens is 2. The van der Waals surface area contributed by atoms with Crippen molar-refractivity contribution in [3.8, 4) is 11.3 Å². The largest absolute Gasteiger partial charge is 0.367 e. The number of carbonyl (C=O) groups excluding carboxylic acids is 1. The second-order valence-corrected chi connectivity index (χ2v) is 5.77. The number of H-pyrrole nitrogens is 1. The molecule has 0 unspecified atom stereocenters. The summed E-state index contributed by atoms with van der Waals surface area (Å²) in [5.74, 6) is -0.488. The van der Waals surface area contributed by atoms with Gasteiger partial charge < -0.3 is 9.72 Å². The molecular weight excluding hydrogens is 307 g/mol. The Hall–Kier alpha value is -2.79. The summed E-state index contributed by atoms with van der Waals surface area (Å²) in [5.41, 5.74) is 4.27. The van der Waals surface area contributed by atoms with Crippen molar-refractivity contribution in [2.45, 2.75) is 13.0 Å². The summed E-state index contributed by atoms with van der Waals surface area (Å²) < 4.78 is 19.6. The molecule has 24 heavy (non-hydrogen) atoms. The van der Waals surface area contributed by atoms with Gasteiger partial charge in [0.15, 0.2) is 11.6 Å². The minimum absolute atomic E-state index is 0.0604. The van der Waals surface area contributed by atoms with Crippen LogP contribution in [0.15, 0.2) is 48.8 Å². The van der Waals surface area contributed by atoms with Gasteiger partial charge in [0.2, 0.25) is 0 Å². The summed E-state index contributed by atoms with van der Waals surface area (Å²) in [5, 5.41) is 0. The Morgan fingerprint density at radius 3 is 2.79 bits per heavy atom. The standard InChI is InChI=1S/C19H15FN2O2/c20-15-9-21-7-6-13(15)19-14(8-12-4-2-1-3-5-12)18-16(22-19)10-24-11-17(18)23/h1-7,9,22H,8,10-11H2. The van der Waals surface area contributed by atoms with E-state index >= 15 is 0 Å². The van der Waals surface area contributed by atoms with Gasteiger partial charge in [0, 0.05) is 23.7 Å². The molecule has 0 atom stereocenters. The van der Waals surface area contributed by atoms with Crippen molar-refractivity contribution in [3.63, 3.8) is 0 Å². The first-order valence-corrected chi connectivity index (χ1v) is 7.72. The molecule has 0 radical (unpaired) electrons. The number of Topliss-reactive ketones (excluding diaryl/α,β-unsaturated/α-hetero) is 1. The van der Waals surface area contributed by atoms with Gasteiger partial charge in [-0.3, -0.25) is 9.78 Å². The molecule has 1 N–H and O–H groups in total. The predicted octanol–water partition coefficient (Wildman–Crippen LogP) is 3.52. The van der Waals surface area contributed by atoms with Crippen LogP contribution < -0.4 is 0 Å². The number of nitrogens with one attached hydrogen (secondary N) is 1. The topological polar surface area (TPSA) is 55.0 Å². The number of carbonyl (C=O) groups is 1. The highest BCUT2D eigenvalue weighted by atomic mass is 19.1. The number of nitrogens with zero attached hydrogens (tertiary/aromatic N) is 1. The Balaban J connectivity index is 1.90. The highest BCUT2D eigenvalue weighted by molar-refractivity contribution is 6.02. The van der Waals surface area contributed by atoms with Gasteiger partial charge >= 0.3 is 0 Å². The van der Waals surface area contributed by atoms with Crippen molar-refractivity contribution in [1.82, 2.24) is 9.97 Å². The summed E-state index contributed by atoms with van der Waals surface area (Å²) in [6.45, 7) is 0.389. The van der Waals surface area contributed by atoms with Gasteiger partial charge in [0.25, 0.3) is 0 Å². The zero-order chi connectivity index (χ0) is 16.5. The van der Waals surface area contributed by atoms with Crippen LogP contribution in [-0.2, 0) is 17.8 Å². The van der Waals surface area contributed by atoms with E-state index in [1.165, 1.54) is 6.20 Å². The van der Waals surface area contributed by atoms with Gasteiger partial charge in [0.1, 0.15) is 6.61 Å². The van der Waals surface area contributed by atoms with Crippen molar-refractivity contribution in [1.29, 1.82) is 0 Å². The number of fused-ring (bicyclic) bond motifs is 1. The number of rotatable bonds is 3. The maximum atomic E-state index is 14.3. The summed E-state index contributed by atoms with van der Waals surface area (Å²) in [4.78, 5) is 19.4. The van der Waals surface area contributed by atoms with Crippen molar-refractivity contribution < 1.29 is 13.9 Å². The quantitative estimate of drug-likeness (QED) is 0.803. The SMILES string of the molecule is O=C1COCc2[nH]c(-c3ccncc3F)c(Cc3ccccc3)c21. The van der Waals surface area contributed by atoms with Crippen LogP contribution in [-0.4, -0.2) is 22.4 Å². The molecule has 1 aliphatic heterocycles. The molecule has 0 saturated heterocycles. The smallest absolute Gasteiger partial charge is 0.190 e. The summed E-state index contributed by atoms with van der Waals surface area (Å²) in [6, 6.07) is 11.5. The zero-order valence-electron chi connectivity index (χ0n) is 12.9. The third-order valence-electron chi connectivity index (χ3n) is 4.21. The molecule has 1 aromatic carbocycles. The van der Waals surface area contributed by atoms with Crippen LogP contribution in [0.25, 0.3) is 11.3 Å². The summed E-state index contributed by atoms with van der Waals surface area (Å²) in [7, 11) is 0. The van der Waals surface area contributed by atoms with Gasteiger partial charge in [0.05, 0.1) is 24.2 Å². The second kappa shape index (κ2) is 6.02. The molecule has 120 valence electrons. The van der Waals surface area contributed by atoms with Crippen LogP contribution in [0.1, 0.15) is 27.2 Å². The minimum atomic E-state index is -0.418. The van der Waals surface area contributed by atoms with E-state index in [9.17, 15) is 9.18 Å². The number of benzene rings is 1. The van der Waals surface area contributed by atoms with E-state index < -0.39 is 5.82 Å². The normalized spacial score (nSPS) is 13.8. The van der Waals surface area contributed by atoms with Gasteiger partial charge in [-0.1, -0.05) is 30.3 Å². The number of ether oxygens (including phenoxy) is 1. The average molecular weight is 322 g/mol. The molecule has 0 aliphatic carbocycles. The third-order valence-corrected chi connectivity index (χ3v) is 4.21. The van der Waals surface area contributed by atoms with Crippen LogP contribution in [0.4, 0.5) is 4.39 Å². The maximum Gasteiger partial charge on any atom is 0.190 e. The summed E-state index contributed by atoms with van der Waals surface area (Å²) >= 11 is 0. The maximum absolute atomic E-state index is 14.3. The van der Waals surface area contributed by atoms with Crippen molar-refractivity contribution >= 4 is 5.78 Å². The van der Waals surface area contributed by atoms with Crippen LogP contribution >= 0.6 is 0 Å². The van der Waals surface area contributed by atoms with Gasteiger partial charge in [-0.25, -0.2) is 4.39 Å². The number of halogens is 1. The van der Waals surface area contributed by atoms with E-state index in [1.807, 2.05) is 30.3 Å². The molecule has 0 saturated carbocycles. The molecule has 0 fully saturated rings. The predicted molar refractivity (Wildman–Crippen MR) is 87.2 cm³/mol. The van der Waals surface area contributed by atoms with Crippen molar-refractivity contribution in [2.75, 3.05) is 6.61 Å². The Morgan fingerprint density at radius 2 is 2.00 bits per heavy atom. The lowest BCUT2D eigenvalue weighted by Gasteiger charge is -2.13. The van der Waals surface area contributed by atoms with Gasteiger partial charge in [-0.2, -0.15) is 0 Å². The fourth-order valence-electron chi connectivity index (χ4n) is 3.14. The average Bonchev–Trinajstić information content (AvgIpc) is 2.96. The lowest BCUT2D eigenvalue weighted by atomic mass is 9.95. The molecule has 3 aromatic rings. The third kappa shape index (κ3) is 2.53. The van der Waals surface area contributed by atoms with Crippen LogP contribution in [0.3, 0.4) is 0 Å². The van der Waals surface area contributed by atoms with E-state index in [0.29, 0.717) is 35.5 Å². The zero-order valence-corrected chi connectivity index (χ0v) is 12.9. The van der Waals surface area contributed by atoms with Gasteiger partial charge in [-0.15, -0.1) is 0 Å². The van der Waals surface area contributed by atoms with Crippen LogP contribution in [0.2, 0.25) is 0 Å². The fraction of sp³-hybridized carbons (Fsp3) is 0.158. The van der Waals surface area contributed by atoms with E-state index in [4.69, 9.17) is 4.74 Å². The molecule has 3 heterocycles. The molecule has 0 amide bonds. The minimum Gasteiger partial charge on any atom is -0.367 e. The Kier molecular flexibility index (Phi) is 3.70. The molecule has 1 aliphatic rings. The molecule has 0 bridgehead atoms. The second-order valence-electron chi connectivity index (χ2n) is 5.77. The first-order chi connectivity index (χ1) is 11.7. The number of hydrogen-bond acceptors (Lipinski definition) is 3. The van der Waals surface area contributed by atoms with E-state index in [-0.39, 0.29) is 12.4 Å². The number of aromatic amines is 1. The van der Waals surface area contributed by atoms with Gasteiger partial charge in [-0.05, 0) is 17.2 Å². The lowest BCUT2D eigenvalue weighted by Crippen LogP contribution is -2.18. The van der Waals surface area contributed by atoms with E-state index in [0.717, 1.165) is 11.1 Å². The van der Waals surface area contributed by atoms with Crippen molar-refractivity contribution in [3.05, 3.63) is 77.0 Å². The molecule has 5 heteroatoms.